The third-order valence-electron chi connectivity index (χ3n) is 5.21. The summed E-state index contributed by atoms with van der Waals surface area (Å²) in [6.07, 6.45) is 0. The summed E-state index contributed by atoms with van der Waals surface area (Å²) in [4.78, 5) is 17.9. The third-order valence-corrected chi connectivity index (χ3v) is 7.12. The standard InChI is InChI=1S/C24H21N5OS2/c1-15-4-8-18(9-5-15)22-26-27-24(29(22)20-10-6-16(2)7-11-20)32-14-19-12-21(30)28-17(3)13-31-23(28)25-19/h4-13H,14H2,1-3H3. The average Bonchev–Trinajstić information content (AvgIpc) is 3.37. The normalized spacial score (nSPS) is 11.3. The molecular weight excluding hydrogens is 438 g/mol. The Kier molecular flexibility index (Phi) is 5.40. The number of rotatable bonds is 5. The van der Waals surface area contributed by atoms with Gasteiger partial charge >= 0.3 is 0 Å². The van der Waals surface area contributed by atoms with Crippen molar-refractivity contribution in [3.63, 3.8) is 0 Å². The second kappa shape index (κ2) is 8.37. The summed E-state index contributed by atoms with van der Waals surface area (Å²) in [6.45, 7) is 6.05. The van der Waals surface area contributed by atoms with Crippen molar-refractivity contribution < 1.29 is 0 Å². The zero-order valence-electron chi connectivity index (χ0n) is 17.9. The molecule has 5 aromatic rings. The predicted octanol–water partition coefficient (Wildman–Crippen LogP) is 5.22. The molecule has 0 saturated carbocycles. The maximum Gasteiger partial charge on any atom is 0.258 e. The summed E-state index contributed by atoms with van der Waals surface area (Å²) in [7, 11) is 0. The molecule has 0 bridgehead atoms. The van der Waals surface area contributed by atoms with E-state index in [-0.39, 0.29) is 5.56 Å². The van der Waals surface area contributed by atoms with Gasteiger partial charge in [0.15, 0.2) is 15.9 Å². The maximum atomic E-state index is 12.5. The summed E-state index contributed by atoms with van der Waals surface area (Å²) in [5, 5.41) is 11.7. The molecule has 0 aliphatic rings. The van der Waals surface area contributed by atoms with Gasteiger partial charge in [-0.05, 0) is 32.9 Å². The number of aryl methyl sites for hydroxylation is 3. The molecule has 3 heterocycles. The van der Waals surface area contributed by atoms with Crippen LogP contribution in [0.15, 0.2) is 69.9 Å². The van der Waals surface area contributed by atoms with Gasteiger partial charge in [0.1, 0.15) is 0 Å². The Morgan fingerprint density at radius 2 is 1.62 bits per heavy atom. The number of hydrogen-bond donors (Lipinski definition) is 0. The fourth-order valence-corrected chi connectivity index (χ4v) is 5.23. The van der Waals surface area contributed by atoms with E-state index < -0.39 is 0 Å². The second-order valence-corrected chi connectivity index (χ2v) is 9.49. The van der Waals surface area contributed by atoms with Gasteiger partial charge in [-0.2, -0.15) is 0 Å². The van der Waals surface area contributed by atoms with Crippen LogP contribution in [0.25, 0.3) is 22.0 Å². The summed E-state index contributed by atoms with van der Waals surface area (Å²) in [5.74, 6) is 1.31. The molecule has 0 aliphatic carbocycles. The van der Waals surface area contributed by atoms with Crippen molar-refractivity contribution in [2.45, 2.75) is 31.7 Å². The van der Waals surface area contributed by atoms with E-state index in [2.05, 4.69) is 82.1 Å². The van der Waals surface area contributed by atoms with Crippen molar-refractivity contribution in [3.05, 3.63) is 92.8 Å². The zero-order chi connectivity index (χ0) is 22.2. The van der Waals surface area contributed by atoms with Crippen LogP contribution in [-0.4, -0.2) is 24.1 Å². The van der Waals surface area contributed by atoms with Crippen LogP contribution < -0.4 is 5.56 Å². The van der Waals surface area contributed by atoms with E-state index in [4.69, 9.17) is 0 Å². The van der Waals surface area contributed by atoms with Gasteiger partial charge in [0.2, 0.25) is 0 Å². The summed E-state index contributed by atoms with van der Waals surface area (Å²) in [6, 6.07) is 18.2. The van der Waals surface area contributed by atoms with Crippen molar-refractivity contribution in [1.29, 1.82) is 0 Å². The lowest BCUT2D eigenvalue weighted by atomic mass is 10.1. The number of nitrogens with zero attached hydrogens (tertiary/aromatic N) is 5. The highest BCUT2D eigenvalue weighted by atomic mass is 32.2. The summed E-state index contributed by atoms with van der Waals surface area (Å²) in [5.41, 5.74) is 5.97. The van der Waals surface area contributed by atoms with E-state index in [1.807, 2.05) is 12.3 Å². The van der Waals surface area contributed by atoms with Crippen LogP contribution in [0.1, 0.15) is 22.5 Å². The lowest BCUT2D eigenvalue weighted by Crippen LogP contribution is -2.14. The molecule has 0 unspecified atom stereocenters. The largest absolute Gasteiger partial charge is 0.270 e. The molecule has 160 valence electrons. The molecule has 0 amide bonds. The first-order valence-electron chi connectivity index (χ1n) is 10.2. The van der Waals surface area contributed by atoms with Gasteiger partial charge in [0.25, 0.3) is 5.56 Å². The lowest BCUT2D eigenvalue weighted by Gasteiger charge is -2.11. The van der Waals surface area contributed by atoms with E-state index in [0.29, 0.717) is 10.7 Å². The van der Waals surface area contributed by atoms with Crippen molar-refractivity contribution in [3.8, 4) is 17.1 Å². The molecule has 0 aliphatic heterocycles. The van der Waals surface area contributed by atoms with Crippen LogP contribution in [0.3, 0.4) is 0 Å². The van der Waals surface area contributed by atoms with Gasteiger partial charge < -0.3 is 0 Å². The van der Waals surface area contributed by atoms with Gasteiger partial charge in [-0.3, -0.25) is 13.8 Å². The minimum absolute atomic E-state index is 0.0512. The molecule has 0 spiro atoms. The monoisotopic (exact) mass is 459 g/mol. The van der Waals surface area contributed by atoms with Crippen LogP contribution in [-0.2, 0) is 5.75 Å². The number of benzene rings is 2. The van der Waals surface area contributed by atoms with Crippen LogP contribution in [0.2, 0.25) is 0 Å². The molecule has 0 radical (unpaired) electrons. The smallest absolute Gasteiger partial charge is 0.258 e. The predicted molar refractivity (Wildman–Crippen MR) is 130 cm³/mol. The summed E-state index contributed by atoms with van der Waals surface area (Å²) >= 11 is 3.00. The first-order chi connectivity index (χ1) is 15.5. The molecular formula is C24H21N5OS2. The van der Waals surface area contributed by atoms with Gasteiger partial charge in [0, 0.05) is 34.1 Å². The second-order valence-electron chi connectivity index (χ2n) is 7.71. The topological polar surface area (TPSA) is 65.1 Å². The van der Waals surface area contributed by atoms with Gasteiger partial charge in [-0.25, -0.2) is 4.98 Å². The molecule has 0 saturated heterocycles. The molecule has 32 heavy (non-hydrogen) atoms. The fraction of sp³-hybridized carbons (Fsp3) is 0.167. The quantitative estimate of drug-likeness (QED) is 0.337. The van der Waals surface area contributed by atoms with Crippen molar-refractivity contribution in [2.75, 3.05) is 0 Å². The number of hydrogen-bond acceptors (Lipinski definition) is 6. The van der Waals surface area contributed by atoms with Crippen LogP contribution >= 0.6 is 23.1 Å². The van der Waals surface area contributed by atoms with E-state index in [1.54, 1.807) is 10.5 Å². The first-order valence-corrected chi connectivity index (χ1v) is 12.1. The van der Waals surface area contributed by atoms with Crippen LogP contribution in [0, 0.1) is 20.8 Å². The maximum absolute atomic E-state index is 12.5. The van der Waals surface area contributed by atoms with Gasteiger partial charge in [-0.1, -0.05) is 59.3 Å². The Labute approximate surface area is 193 Å². The highest BCUT2D eigenvalue weighted by Crippen LogP contribution is 2.30. The number of thiazole rings is 1. The fourth-order valence-electron chi connectivity index (χ4n) is 3.49. The minimum atomic E-state index is -0.0512. The Morgan fingerprint density at radius 3 is 2.34 bits per heavy atom. The first kappa shape index (κ1) is 20.7. The average molecular weight is 460 g/mol. The van der Waals surface area contributed by atoms with Crippen molar-refractivity contribution >= 4 is 28.1 Å². The molecule has 0 atom stereocenters. The summed E-state index contributed by atoms with van der Waals surface area (Å²) < 4.78 is 3.71. The Hall–Kier alpha value is -3.23. The Morgan fingerprint density at radius 1 is 0.938 bits per heavy atom. The van der Waals surface area contributed by atoms with Crippen LogP contribution in [0.5, 0.6) is 0 Å². The molecule has 3 aromatic heterocycles. The van der Waals surface area contributed by atoms with Gasteiger partial charge in [-0.15, -0.1) is 21.5 Å². The van der Waals surface area contributed by atoms with E-state index in [0.717, 1.165) is 33.6 Å². The SMILES string of the molecule is Cc1ccc(-c2nnc(SCc3cc(=O)n4c(C)csc4n3)n2-c2ccc(C)cc2)cc1. The number of thioether (sulfide) groups is 1. The molecule has 5 rings (SSSR count). The number of aromatic nitrogens is 5. The van der Waals surface area contributed by atoms with E-state index in [1.165, 1.54) is 34.2 Å². The molecule has 2 aromatic carbocycles. The van der Waals surface area contributed by atoms with Crippen LogP contribution in [0.4, 0.5) is 0 Å². The number of fused-ring (bicyclic) bond motifs is 1. The van der Waals surface area contributed by atoms with Crippen molar-refractivity contribution in [1.82, 2.24) is 24.1 Å². The zero-order valence-corrected chi connectivity index (χ0v) is 19.6. The molecule has 0 N–H and O–H groups in total. The Bertz CT molecular complexity index is 1460. The Balaban J connectivity index is 1.53. The molecule has 6 nitrogen and oxygen atoms in total. The van der Waals surface area contributed by atoms with Crippen molar-refractivity contribution in [2.24, 2.45) is 0 Å². The molecule has 0 fully saturated rings. The highest BCUT2D eigenvalue weighted by molar-refractivity contribution is 7.98. The lowest BCUT2D eigenvalue weighted by molar-refractivity contribution is 0.884. The highest BCUT2D eigenvalue weighted by Gasteiger charge is 2.17. The van der Waals surface area contributed by atoms with E-state index >= 15 is 0 Å². The minimum Gasteiger partial charge on any atom is -0.270 e. The van der Waals surface area contributed by atoms with Gasteiger partial charge in [0.05, 0.1) is 5.69 Å². The van der Waals surface area contributed by atoms with E-state index in [9.17, 15) is 4.79 Å². The molecule has 8 heteroatoms. The third kappa shape index (κ3) is 3.87.